The minimum Gasteiger partial charge on any atom is -0.494 e. The van der Waals surface area contributed by atoms with Gasteiger partial charge in [0.15, 0.2) is 23.6 Å². The second kappa shape index (κ2) is 7.10. The lowest BCUT2D eigenvalue weighted by atomic mass is 10.2. The largest absolute Gasteiger partial charge is 0.494 e. The van der Waals surface area contributed by atoms with Gasteiger partial charge in [0.2, 0.25) is 0 Å². The molecule has 0 aliphatic rings. The molecule has 3 aromatic heterocycles. The first-order chi connectivity index (χ1) is 11.7. The van der Waals surface area contributed by atoms with E-state index in [-0.39, 0.29) is 17.4 Å². The van der Waals surface area contributed by atoms with E-state index in [1.807, 2.05) is 12.1 Å². The summed E-state index contributed by atoms with van der Waals surface area (Å²) < 4.78 is 10.4. The number of rotatable bonds is 5. The first-order valence-electron chi connectivity index (χ1n) is 6.99. The van der Waals surface area contributed by atoms with Gasteiger partial charge in [-0.3, -0.25) is 9.78 Å². The van der Waals surface area contributed by atoms with Crippen molar-refractivity contribution in [3.05, 3.63) is 59.5 Å². The monoisotopic (exact) mass is 344 g/mol. The van der Waals surface area contributed by atoms with Gasteiger partial charge in [-0.1, -0.05) is 11.6 Å². The van der Waals surface area contributed by atoms with Crippen molar-refractivity contribution in [1.82, 2.24) is 20.3 Å². The van der Waals surface area contributed by atoms with Crippen LogP contribution in [0.25, 0.3) is 11.5 Å². The molecule has 0 spiro atoms. The molecule has 0 fully saturated rings. The number of carbonyl (C=O) groups is 1. The molecule has 0 saturated heterocycles. The van der Waals surface area contributed by atoms with Crippen LogP contribution in [0.3, 0.4) is 0 Å². The Hall–Kier alpha value is -2.93. The molecule has 122 valence electrons. The highest BCUT2D eigenvalue weighted by atomic mass is 35.5. The van der Waals surface area contributed by atoms with Crippen molar-refractivity contribution >= 4 is 17.5 Å². The second-order valence-corrected chi connectivity index (χ2v) is 5.18. The van der Waals surface area contributed by atoms with Gasteiger partial charge in [-0.15, -0.1) is 0 Å². The van der Waals surface area contributed by atoms with Crippen molar-refractivity contribution < 1.29 is 13.9 Å². The van der Waals surface area contributed by atoms with Gasteiger partial charge in [0.05, 0.1) is 18.3 Å². The van der Waals surface area contributed by atoms with E-state index >= 15 is 0 Å². The van der Waals surface area contributed by atoms with Crippen molar-refractivity contribution in [1.29, 1.82) is 0 Å². The Kier molecular flexibility index (Phi) is 4.72. The van der Waals surface area contributed by atoms with Gasteiger partial charge < -0.3 is 14.5 Å². The van der Waals surface area contributed by atoms with Crippen molar-refractivity contribution in [3.63, 3.8) is 0 Å². The highest BCUT2D eigenvalue weighted by Gasteiger charge is 2.20. The first kappa shape index (κ1) is 15.9. The minimum atomic E-state index is -0.371. The molecule has 0 bridgehead atoms. The van der Waals surface area contributed by atoms with E-state index in [0.717, 1.165) is 5.56 Å². The summed E-state index contributed by atoms with van der Waals surface area (Å²) in [5.41, 5.74) is 1.46. The highest BCUT2D eigenvalue weighted by Crippen LogP contribution is 2.29. The van der Waals surface area contributed by atoms with Crippen LogP contribution >= 0.6 is 11.6 Å². The molecule has 0 unspecified atom stereocenters. The smallest absolute Gasteiger partial charge is 0.274 e. The quantitative estimate of drug-likeness (QED) is 0.765. The molecule has 0 saturated carbocycles. The summed E-state index contributed by atoms with van der Waals surface area (Å²) in [6, 6.07) is 5.18. The average molecular weight is 345 g/mol. The lowest BCUT2D eigenvalue weighted by Crippen LogP contribution is -2.23. The van der Waals surface area contributed by atoms with E-state index in [1.54, 1.807) is 18.5 Å². The van der Waals surface area contributed by atoms with Crippen molar-refractivity contribution in [3.8, 4) is 17.2 Å². The molecule has 0 aliphatic heterocycles. The fourth-order valence-electron chi connectivity index (χ4n) is 2.05. The lowest BCUT2D eigenvalue weighted by molar-refractivity contribution is 0.0946. The van der Waals surface area contributed by atoms with E-state index in [1.165, 1.54) is 19.7 Å². The number of nitrogens with one attached hydrogen (secondary N) is 1. The van der Waals surface area contributed by atoms with Crippen LogP contribution in [0, 0.1) is 0 Å². The van der Waals surface area contributed by atoms with Gasteiger partial charge in [0.1, 0.15) is 5.69 Å². The zero-order valence-electron chi connectivity index (χ0n) is 12.7. The van der Waals surface area contributed by atoms with Crippen LogP contribution in [0.4, 0.5) is 0 Å². The summed E-state index contributed by atoms with van der Waals surface area (Å²) in [5.74, 6) is 0.305. The summed E-state index contributed by atoms with van der Waals surface area (Å²) >= 11 is 6.09. The maximum absolute atomic E-state index is 12.3. The van der Waals surface area contributed by atoms with Gasteiger partial charge in [0.25, 0.3) is 5.91 Å². The molecule has 0 aliphatic carbocycles. The number of oxazole rings is 1. The molecule has 0 atom stereocenters. The van der Waals surface area contributed by atoms with Gasteiger partial charge >= 0.3 is 0 Å². The summed E-state index contributed by atoms with van der Waals surface area (Å²) in [6.45, 7) is 0.352. The number of ether oxygens (including phenoxy) is 1. The molecule has 8 heteroatoms. The highest BCUT2D eigenvalue weighted by molar-refractivity contribution is 6.32. The first-order valence-corrected chi connectivity index (χ1v) is 7.37. The standard InChI is InChI=1S/C16H13ClN4O3/c1-23-13-8-19-12(6-11(13)17)15-14(21-9-24-15)16(22)20-7-10-2-4-18-5-3-10/h2-6,8-9H,7H2,1H3,(H,20,22). The maximum Gasteiger partial charge on any atom is 0.274 e. The second-order valence-electron chi connectivity index (χ2n) is 4.77. The van der Waals surface area contributed by atoms with Crippen LogP contribution in [0.1, 0.15) is 16.1 Å². The van der Waals surface area contributed by atoms with Crippen molar-refractivity contribution in [2.24, 2.45) is 0 Å². The molecule has 3 aromatic rings. The number of nitrogens with zero attached hydrogens (tertiary/aromatic N) is 3. The topological polar surface area (TPSA) is 90.1 Å². The van der Waals surface area contributed by atoms with Crippen LogP contribution < -0.4 is 10.1 Å². The summed E-state index contributed by atoms with van der Waals surface area (Å²) in [7, 11) is 1.50. The Labute approximate surface area is 142 Å². The third-order valence-corrected chi connectivity index (χ3v) is 3.55. The third kappa shape index (κ3) is 3.36. The molecule has 3 heterocycles. The Morgan fingerprint density at radius 2 is 2.12 bits per heavy atom. The van der Waals surface area contributed by atoms with Crippen LogP contribution in [0.5, 0.6) is 5.75 Å². The lowest BCUT2D eigenvalue weighted by Gasteiger charge is -2.06. The van der Waals surface area contributed by atoms with Crippen LogP contribution in [-0.4, -0.2) is 28.0 Å². The molecule has 1 N–H and O–H groups in total. The number of hydrogen-bond acceptors (Lipinski definition) is 6. The van der Waals surface area contributed by atoms with E-state index in [2.05, 4.69) is 20.3 Å². The van der Waals surface area contributed by atoms with Crippen LogP contribution in [-0.2, 0) is 6.54 Å². The fraction of sp³-hybridized carbons (Fsp3) is 0.125. The minimum absolute atomic E-state index is 0.137. The summed E-state index contributed by atoms with van der Waals surface area (Å²) in [4.78, 5) is 24.4. The third-order valence-electron chi connectivity index (χ3n) is 3.26. The predicted octanol–water partition coefficient (Wildman–Crippen LogP) is 2.72. The van der Waals surface area contributed by atoms with Crippen molar-refractivity contribution in [2.45, 2.75) is 6.54 Å². The Morgan fingerprint density at radius 3 is 2.83 bits per heavy atom. The molecule has 0 aromatic carbocycles. The number of methoxy groups -OCH3 is 1. The normalized spacial score (nSPS) is 10.4. The van der Waals surface area contributed by atoms with E-state index in [0.29, 0.717) is 23.0 Å². The SMILES string of the molecule is COc1cnc(-c2ocnc2C(=O)NCc2ccncc2)cc1Cl. The molecule has 1 amide bonds. The zero-order valence-corrected chi connectivity index (χ0v) is 13.4. The van der Waals surface area contributed by atoms with E-state index in [9.17, 15) is 4.79 Å². The molecule has 3 rings (SSSR count). The number of hydrogen-bond donors (Lipinski definition) is 1. The molecular formula is C16H13ClN4O3. The average Bonchev–Trinajstić information content (AvgIpc) is 3.10. The predicted molar refractivity (Wildman–Crippen MR) is 86.7 cm³/mol. The fourth-order valence-corrected chi connectivity index (χ4v) is 2.28. The van der Waals surface area contributed by atoms with E-state index < -0.39 is 0 Å². The number of amides is 1. The molecule has 0 radical (unpaired) electrons. The zero-order chi connectivity index (χ0) is 16.9. The van der Waals surface area contributed by atoms with Crippen LogP contribution in [0.15, 0.2) is 47.6 Å². The van der Waals surface area contributed by atoms with Crippen molar-refractivity contribution in [2.75, 3.05) is 7.11 Å². The van der Waals surface area contributed by atoms with Gasteiger partial charge in [-0.05, 0) is 23.8 Å². The Morgan fingerprint density at radius 1 is 1.33 bits per heavy atom. The Bertz CT molecular complexity index is 852. The maximum atomic E-state index is 12.3. The van der Waals surface area contributed by atoms with Gasteiger partial charge in [-0.2, -0.15) is 0 Å². The Balaban J connectivity index is 1.79. The summed E-state index contributed by atoms with van der Waals surface area (Å²) in [5, 5.41) is 3.14. The molecular weight excluding hydrogens is 332 g/mol. The van der Waals surface area contributed by atoms with Gasteiger partial charge in [0, 0.05) is 18.9 Å². The van der Waals surface area contributed by atoms with Gasteiger partial charge in [-0.25, -0.2) is 9.97 Å². The molecule has 7 nitrogen and oxygen atoms in total. The van der Waals surface area contributed by atoms with Crippen LogP contribution in [0.2, 0.25) is 5.02 Å². The summed E-state index contributed by atoms with van der Waals surface area (Å²) in [6.07, 6.45) is 5.97. The number of pyridine rings is 2. The number of carbonyl (C=O) groups excluding carboxylic acids is 1. The number of halogens is 1. The molecule has 24 heavy (non-hydrogen) atoms. The van der Waals surface area contributed by atoms with E-state index in [4.69, 9.17) is 20.8 Å². The number of aromatic nitrogens is 3.